The molecule has 2 aromatic heterocycles. The number of carbonyl (C=O) groups is 2. The number of ether oxygens (including phenoxy) is 2. The summed E-state index contributed by atoms with van der Waals surface area (Å²) < 4.78 is 69.2. The average molecular weight is 921 g/mol. The largest absolute Gasteiger partial charge is 0.444 e. The normalized spacial score (nSPS) is 13.4. The Kier molecular flexibility index (Phi) is 26.2. The molecule has 2 aromatic rings. The van der Waals surface area contributed by atoms with E-state index in [1.165, 1.54) is 0 Å². The number of nitrogens with zero attached hydrogens (tertiary/aromatic N) is 13. The number of alkyl carbamates (subject to hydrolysis) is 2. The third-order valence-corrected chi connectivity index (χ3v) is 9.60. The van der Waals surface area contributed by atoms with Gasteiger partial charge in [0.1, 0.15) is 11.2 Å². The Balaban J connectivity index is 0.000000545. The lowest BCUT2D eigenvalue weighted by Crippen LogP contribution is -2.33. The number of amides is 2. The maximum Gasteiger partial charge on any atom is 0.407 e. The Morgan fingerprint density at radius 1 is 0.855 bits per heavy atom. The van der Waals surface area contributed by atoms with Crippen LogP contribution < -0.4 is 16.0 Å². The van der Waals surface area contributed by atoms with Crippen molar-refractivity contribution in [3.8, 4) is 0 Å². The molecule has 0 spiro atoms. The van der Waals surface area contributed by atoms with Crippen molar-refractivity contribution in [1.82, 2.24) is 50.8 Å². The molecule has 0 bridgehead atoms. The predicted molar refractivity (Wildman–Crippen MR) is 227 cm³/mol. The summed E-state index contributed by atoms with van der Waals surface area (Å²) in [7, 11) is -7.06. The van der Waals surface area contributed by atoms with E-state index < -0.39 is 43.6 Å². The quantitative estimate of drug-likeness (QED) is 0.0291. The highest BCUT2D eigenvalue weighted by Gasteiger charge is 2.18. The zero-order valence-corrected chi connectivity index (χ0v) is 38.2. The Bertz CT molecular complexity index is 1910. The first-order valence-electron chi connectivity index (χ1n) is 20.1. The van der Waals surface area contributed by atoms with Gasteiger partial charge in [0.15, 0.2) is 0 Å². The lowest BCUT2D eigenvalue weighted by atomic mass is 10.2. The van der Waals surface area contributed by atoms with E-state index in [9.17, 15) is 26.4 Å². The topological polar surface area (TPSA) is 349 Å². The number of rotatable bonds is 24. The Labute approximate surface area is 363 Å². The van der Waals surface area contributed by atoms with Gasteiger partial charge in [-0.3, -0.25) is 23.0 Å². The third kappa shape index (κ3) is 32.0. The molecule has 3 rings (SSSR count). The van der Waals surface area contributed by atoms with Gasteiger partial charge in [0.2, 0.25) is 0 Å². The first-order chi connectivity index (χ1) is 29.1. The van der Waals surface area contributed by atoms with Crippen LogP contribution >= 0.6 is 0 Å². The Morgan fingerprint density at radius 3 is 1.84 bits per heavy atom. The lowest BCUT2D eigenvalue weighted by molar-refractivity contribution is 0.0515. The SMILES string of the molecule is CC(C)(C)OC(=O)NCCCn1cc(CN(CCCN=[N+]=[N-])CCCS(=O)(=O)O)nn1.CC(C)(C)OC(=O)NCCCn1cc(CNCCCN=[N+]=[N-])nn1.O=S1(=O)CCCO1. The van der Waals surface area contributed by atoms with Crippen molar-refractivity contribution in [1.29, 1.82) is 0 Å². The average Bonchev–Trinajstić information content (AvgIpc) is 3.91. The molecule has 0 aliphatic carbocycles. The zero-order valence-electron chi connectivity index (χ0n) is 36.5. The lowest BCUT2D eigenvalue weighted by Gasteiger charge is -2.20. The molecule has 352 valence electrons. The van der Waals surface area contributed by atoms with Gasteiger partial charge in [-0.05, 0) is 111 Å². The maximum absolute atomic E-state index is 11.6. The van der Waals surface area contributed by atoms with Crippen molar-refractivity contribution in [2.75, 3.05) is 63.9 Å². The van der Waals surface area contributed by atoms with E-state index in [2.05, 4.69) is 60.8 Å². The zero-order chi connectivity index (χ0) is 46.5. The summed E-state index contributed by atoms with van der Waals surface area (Å²) in [5.41, 5.74) is 17.0. The molecule has 1 saturated heterocycles. The first kappa shape index (κ1) is 55.2. The molecule has 0 radical (unpaired) electrons. The summed E-state index contributed by atoms with van der Waals surface area (Å²) in [5.74, 6) is -0.121. The van der Waals surface area contributed by atoms with Gasteiger partial charge in [0, 0.05) is 74.6 Å². The minimum absolute atomic E-state index is 0.201. The van der Waals surface area contributed by atoms with Gasteiger partial charge in [-0.1, -0.05) is 20.7 Å². The van der Waals surface area contributed by atoms with Gasteiger partial charge in [-0.25, -0.2) is 9.59 Å². The number of hydrogen-bond acceptors (Lipinski definition) is 17. The highest BCUT2D eigenvalue weighted by Crippen LogP contribution is 2.09. The van der Waals surface area contributed by atoms with Gasteiger partial charge in [0.25, 0.3) is 20.2 Å². The summed E-state index contributed by atoms with van der Waals surface area (Å²) in [6.45, 7) is 17.1. The Morgan fingerprint density at radius 2 is 1.37 bits per heavy atom. The van der Waals surface area contributed by atoms with Crippen molar-refractivity contribution in [3.05, 3.63) is 44.7 Å². The van der Waals surface area contributed by atoms with Crippen LogP contribution in [0.3, 0.4) is 0 Å². The molecule has 28 heteroatoms. The molecule has 2 amide bonds. The predicted octanol–water partition coefficient (Wildman–Crippen LogP) is 3.69. The fraction of sp³-hybridized carbons (Fsp3) is 0.824. The summed E-state index contributed by atoms with van der Waals surface area (Å²) in [6.07, 6.45) is 6.49. The summed E-state index contributed by atoms with van der Waals surface area (Å²) in [5, 5.41) is 31.9. The number of azide groups is 2. The van der Waals surface area contributed by atoms with Crippen LogP contribution in [0.2, 0.25) is 0 Å². The van der Waals surface area contributed by atoms with E-state index >= 15 is 0 Å². The second-order valence-corrected chi connectivity index (χ2v) is 19.0. The van der Waals surface area contributed by atoms with Crippen molar-refractivity contribution < 1.29 is 44.6 Å². The summed E-state index contributed by atoms with van der Waals surface area (Å²) in [6, 6.07) is 0. The van der Waals surface area contributed by atoms with Crippen LogP contribution in [0.15, 0.2) is 22.6 Å². The molecular formula is C34H64N16O10S2. The number of nitrogens with one attached hydrogen (secondary N) is 3. The van der Waals surface area contributed by atoms with Crippen molar-refractivity contribution in [2.24, 2.45) is 10.2 Å². The van der Waals surface area contributed by atoms with Gasteiger partial charge >= 0.3 is 12.2 Å². The molecule has 26 nitrogen and oxygen atoms in total. The van der Waals surface area contributed by atoms with Crippen molar-refractivity contribution in [2.45, 2.75) is 117 Å². The monoisotopic (exact) mass is 920 g/mol. The smallest absolute Gasteiger partial charge is 0.407 e. The molecule has 1 aliphatic heterocycles. The standard InChI is InChI=1S/C17H32N8O5S.C14H26N8O2.C3H6O3S/c1-17(2,3)30-16(26)19-7-4-11-25-14-15(21-23-25)13-24(9-5-8-20-22-18)10-6-12-31(27,28)29;1-14(2,3)24-13(23)17-7-5-9-22-11-12(19-21-22)10-16-6-4-8-18-20-15;4-7(5)3-1-2-6-7/h14H,4-13H2,1-3H3,(H,19,26)(H,27,28,29);11,16H,4-10H2,1-3H3,(H,17,23);1-3H2. The van der Waals surface area contributed by atoms with Crippen LogP contribution in [0, 0.1) is 0 Å². The second kappa shape index (κ2) is 29.5. The van der Waals surface area contributed by atoms with Crippen LogP contribution in [0.25, 0.3) is 20.9 Å². The molecule has 4 N–H and O–H groups in total. The molecule has 1 aliphatic rings. The highest BCUT2D eigenvalue weighted by atomic mass is 32.2. The fourth-order valence-electron chi connectivity index (χ4n) is 4.94. The minimum Gasteiger partial charge on any atom is -0.444 e. The van der Waals surface area contributed by atoms with E-state index in [1.807, 2.05) is 31.9 Å². The third-order valence-electron chi connectivity index (χ3n) is 7.48. The molecule has 0 unspecified atom stereocenters. The van der Waals surface area contributed by atoms with Crippen LogP contribution in [0.5, 0.6) is 0 Å². The van der Waals surface area contributed by atoms with E-state index in [0.717, 1.165) is 25.1 Å². The fourth-order valence-corrected chi connectivity index (χ4v) is 6.39. The van der Waals surface area contributed by atoms with Crippen LogP contribution in [0.4, 0.5) is 9.59 Å². The molecule has 0 aromatic carbocycles. The number of carbonyl (C=O) groups excluding carboxylic acids is 2. The molecule has 3 heterocycles. The number of aryl methyl sites for hydroxylation is 2. The minimum atomic E-state index is -4.01. The Hall–Kier alpha value is -4.82. The summed E-state index contributed by atoms with van der Waals surface area (Å²) in [4.78, 5) is 30.5. The second-order valence-electron chi connectivity index (χ2n) is 15.7. The molecule has 0 saturated carbocycles. The van der Waals surface area contributed by atoms with E-state index in [0.29, 0.717) is 97.0 Å². The van der Waals surface area contributed by atoms with Crippen molar-refractivity contribution in [3.63, 3.8) is 0 Å². The van der Waals surface area contributed by atoms with E-state index in [4.69, 9.17) is 25.1 Å². The van der Waals surface area contributed by atoms with Crippen LogP contribution in [0.1, 0.15) is 91.5 Å². The van der Waals surface area contributed by atoms with Gasteiger partial charge in [-0.2, -0.15) is 16.8 Å². The molecule has 0 atom stereocenters. The van der Waals surface area contributed by atoms with Crippen LogP contribution in [-0.4, -0.2) is 144 Å². The molecule has 1 fully saturated rings. The first-order valence-corrected chi connectivity index (χ1v) is 23.3. The molecular weight excluding hydrogens is 857 g/mol. The summed E-state index contributed by atoms with van der Waals surface area (Å²) >= 11 is 0. The van der Waals surface area contributed by atoms with Gasteiger partial charge in [-0.15, -0.1) is 10.2 Å². The van der Waals surface area contributed by atoms with Crippen molar-refractivity contribution >= 4 is 32.4 Å². The highest BCUT2D eigenvalue weighted by molar-refractivity contribution is 7.86. The number of hydrogen-bond donors (Lipinski definition) is 4. The maximum atomic E-state index is 11.6. The molecule has 62 heavy (non-hydrogen) atoms. The van der Waals surface area contributed by atoms with Gasteiger partial charge in [0.05, 0.1) is 29.5 Å². The van der Waals surface area contributed by atoms with Gasteiger partial charge < -0.3 is 25.4 Å². The van der Waals surface area contributed by atoms with E-state index in [1.54, 1.807) is 36.3 Å². The van der Waals surface area contributed by atoms with E-state index in [-0.39, 0.29) is 17.9 Å². The number of aromatic nitrogens is 6. The van der Waals surface area contributed by atoms with Crippen LogP contribution in [-0.2, 0) is 60.1 Å².